The molecule has 0 saturated heterocycles. The second-order valence-electron chi connectivity index (χ2n) is 5.89. The van der Waals surface area contributed by atoms with Crippen molar-refractivity contribution in [2.75, 3.05) is 14.1 Å². The number of alkyl halides is 5. The van der Waals surface area contributed by atoms with Crippen molar-refractivity contribution in [3.8, 4) is 11.8 Å². The predicted octanol–water partition coefficient (Wildman–Crippen LogP) is 5.57. The van der Waals surface area contributed by atoms with Gasteiger partial charge in [0.15, 0.2) is 11.5 Å². The molecule has 2 aromatic rings. The van der Waals surface area contributed by atoms with Crippen molar-refractivity contribution in [2.24, 2.45) is 4.99 Å². The number of halogens is 7. The molecule has 12 heteroatoms. The first kappa shape index (κ1) is 22.6. The lowest BCUT2D eigenvalue weighted by Gasteiger charge is -2.14. The van der Waals surface area contributed by atoms with Gasteiger partial charge >= 0.3 is 6.18 Å². The van der Waals surface area contributed by atoms with E-state index in [-0.39, 0.29) is 17.1 Å². The highest BCUT2D eigenvalue weighted by molar-refractivity contribution is 6.38. The lowest BCUT2D eigenvalue weighted by Crippen LogP contribution is -2.09. The highest BCUT2D eigenvalue weighted by Gasteiger charge is 2.33. The standard InChI is InChI=1S/C17H12Cl2F5N5/c1-8(15(20)21)13-12(6-25)27-29(16(13)26-7-28(2)3)14-10(18)4-9(5-11(14)19)17(22,23)24/h4-5,7,15H,1H2,2-3H3/b26-7-. The molecule has 0 radical (unpaired) electrons. The van der Waals surface area contributed by atoms with Gasteiger partial charge in [0.1, 0.15) is 11.8 Å². The molecule has 0 saturated carbocycles. The van der Waals surface area contributed by atoms with Crippen LogP contribution in [0.5, 0.6) is 0 Å². The molecule has 0 aliphatic carbocycles. The number of nitrogens with zero attached hydrogens (tertiary/aromatic N) is 5. The summed E-state index contributed by atoms with van der Waals surface area (Å²) in [5.41, 5.74) is -2.93. The number of aromatic nitrogens is 2. The zero-order valence-corrected chi connectivity index (χ0v) is 16.4. The minimum atomic E-state index is -4.71. The summed E-state index contributed by atoms with van der Waals surface area (Å²) >= 11 is 12.0. The number of nitriles is 1. The van der Waals surface area contributed by atoms with Gasteiger partial charge in [-0.3, -0.25) is 0 Å². The summed E-state index contributed by atoms with van der Waals surface area (Å²) in [6, 6.07) is 2.86. The van der Waals surface area contributed by atoms with E-state index in [9.17, 15) is 27.2 Å². The van der Waals surface area contributed by atoms with Crippen molar-refractivity contribution in [1.29, 1.82) is 5.26 Å². The van der Waals surface area contributed by atoms with Crippen LogP contribution in [0.15, 0.2) is 23.7 Å². The molecule has 2 rings (SSSR count). The second kappa shape index (κ2) is 8.39. The zero-order chi connectivity index (χ0) is 22.1. The van der Waals surface area contributed by atoms with Crippen molar-refractivity contribution >= 4 is 40.9 Å². The van der Waals surface area contributed by atoms with Crippen molar-refractivity contribution in [3.05, 3.63) is 45.6 Å². The third-order valence-electron chi connectivity index (χ3n) is 3.52. The van der Waals surface area contributed by atoms with Crippen molar-refractivity contribution in [3.63, 3.8) is 0 Å². The topological polar surface area (TPSA) is 57.2 Å². The Morgan fingerprint density at radius 1 is 1.31 bits per heavy atom. The van der Waals surface area contributed by atoms with Crippen LogP contribution in [0.3, 0.4) is 0 Å². The quantitative estimate of drug-likeness (QED) is 0.339. The molecule has 154 valence electrons. The van der Waals surface area contributed by atoms with Crippen LogP contribution in [0.4, 0.5) is 27.8 Å². The van der Waals surface area contributed by atoms with Crippen LogP contribution in [0.25, 0.3) is 11.3 Å². The van der Waals surface area contributed by atoms with E-state index in [1.54, 1.807) is 20.2 Å². The van der Waals surface area contributed by atoms with Crippen LogP contribution in [0.1, 0.15) is 16.8 Å². The minimum absolute atomic E-state index is 0.253. The first-order chi connectivity index (χ1) is 13.4. The van der Waals surface area contributed by atoms with Gasteiger partial charge in [0.2, 0.25) is 0 Å². The maximum atomic E-state index is 13.3. The molecule has 0 amide bonds. The van der Waals surface area contributed by atoms with E-state index in [0.29, 0.717) is 12.1 Å². The molecule has 0 fully saturated rings. The summed E-state index contributed by atoms with van der Waals surface area (Å²) in [5.74, 6) is -0.288. The van der Waals surface area contributed by atoms with Crippen molar-refractivity contribution in [1.82, 2.24) is 14.7 Å². The molecule has 0 aliphatic rings. The van der Waals surface area contributed by atoms with Crippen LogP contribution in [0.2, 0.25) is 10.0 Å². The molecule has 0 unspecified atom stereocenters. The number of rotatable bonds is 5. The fraction of sp³-hybridized carbons (Fsp3) is 0.235. The van der Waals surface area contributed by atoms with Gasteiger partial charge in [-0.2, -0.15) is 23.5 Å². The summed E-state index contributed by atoms with van der Waals surface area (Å²) < 4.78 is 66.3. The fourth-order valence-electron chi connectivity index (χ4n) is 2.27. The van der Waals surface area contributed by atoms with E-state index in [4.69, 9.17) is 23.2 Å². The normalized spacial score (nSPS) is 11.9. The van der Waals surface area contributed by atoms with Crippen molar-refractivity contribution in [2.45, 2.75) is 12.6 Å². The number of aliphatic imine (C=N–C) groups is 1. The van der Waals surface area contributed by atoms with Gasteiger partial charge in [-0.25, -0.2) is 18.5 Å². The third-order valence-corrected chi connectivity index (χ3v) is 4.09. The molecule has 0 aliphatic heterocycles. The molecular formula is C17H12Cl2F5N5. The molecule has 0 bridgehead atoms. The average Bonchev–Trinajstić information content (AvgIpc) is 2.95. The maximum absolute atomic E-state index is 13.3. The van der Waals surface area contributed by atoms with Gasteiger partial charge in [-0.15, -0.1) is 0 Å². The van der Waals surface area contributed by atoms with E-state index in [2.05, 4.69) is 16.7 Å². The van der Waals surface area contributed by atoms with E-state index >= 15 is 0 Å². The third kappa shape index (κ3) is 4.68. The molecule has 0 atom stereocenters. The van der Waals surface area contributed by atoms with E-state index in [1.807, 2.05) is 0 Å². The molecule has 0 spiro atoms. The summed E-state index contributed by atoms with van der Waals surface area (Å²) in [6.07, 6.45) is -6.52. The maximum Gasteiger partial charge on any atom is 0.416 e. The Balaban J connectivity index is 2.87. The second-order valence-corrected chi connectivity index (χ2v) is 6.71. The number of hydrogen-bond acceptors (Lipinski definition) is 3. The van der Waals surface area contributed by atoms with Gasteiger partial charge in [-0.1, -0.05) is 29.8 Å². The highest BCUT2D eigenvalue weighted by Crippen LogP contribution is 2.41. The van der Waals surface area contributed by atoms with Crippen LogP contribution in [0, 0.1) is 11.3 Å². The minimum Gasteiger partial charge on any atom is -0.369 e. The van der Waals surface area contributed by atoms with E-state index in [0.717, 1.165) is 4.68 Å². The Morgan fingerprint density at radius 2 is 1.86 bits per heavy atom. The first-order valence-corrected chi connectivity index (χ1v) is 8.41. The molecule has 29 heavy (non-hydrogen) atoms. The zero-order valence-electron chi connectivity index (χ0n) is 14.9. The fourth-order valence-corrected chi connectivity index (χ4v) is 2.92. The summed E-state index contributed by atoms with van der Waals surface area (Å²) in [5, 5.41) is 12.3. The van der Waals surface area contributed by atoms with Gasteiger partial charge in [0, 0.05) is 19.7 Å². The Morgan fingerprint density at radius 3 is 2.28 bits per heavy atom. The van der Waals surface area contributed by atoms with Crippen LogP contribution < -0.4 is 0 Å². The monoisotopic (exact) mass is 451 g/mol. The van der Waals surface area contributed by atoms with Gasteiger partial charge < -0.3 is 4.90 Å². The Labute approximate surface area is 172 Å². The first-order valence-electron chi connectivity index (χ1n) is 7.66. The van der Waals surface area contributed by atoms with Crippen LogP contribution in [-0.4, -0.2) is 41.5 Å². The molecule has 5 nitrogen and oxygen atoms in total. The summed E-state index contributed by atoms with van der Waals surface area (Å²) in [6.45, 7) is 3.26. The van der Waals surface area contributed by atoms with Gasteiger partial charge in [0.25, 0.3) is 6.43 Å². The largest absolute Gasteiger partial charge is 0.416 e. The summed E-state index contributed by atoms with van der Waals surface area (Å²) in [4.78, 5) is 5.49. The molecule has 1 aromatic carbocycles. The number of hydrogen-bond donors (Lipinski definition) is 0. The van der Waals surface area contributed by atoms with Gasteiger partial charge in [-0.05, 0) is 12.1 Å². The highest BCUT2D eigenvalue weighted by atomic mass is 35.5. The SMILES string of the molecule is C=C(c1c(C#N)nn(-c2c(Cl)cc(C(F)(F)F)cc2Cl)c1/N=C\N(C)C)C(F)F. The number of allylic oxidation sites excluding steroid dienone is 1. The van der Waals surface area contributed by atoms with Crippen LogP contribution in [-0.2, 0) is 6.18 Å². The lowest BCUT2D eigenvalue weighted by atomic mass is 10.1. The smallest absolute Gasteiger partial charge is 0.369 e. The molecular weight excluding hydrogens is 440 g/mol. The molecule has 0 N–H and O–H groups in total. The number of benzene rings is 1. The Hall–Kier alpha value is -2.64. The Bertz CT molecular complexity index is 995. The molecule has 1 aromatic heterocycles. The Kier molecular flexibility index (Phi) is 6.55. The summed E-state index contributed by atoms with van der Waals surface area (Å²) in [7, 11) is 3.18. The van der Waals surface area contributed by atoms with E-state index in [1.165, 1.54) is 11.2 Å². The average molecular weight is 452 g/mol. The van der Waals surface area contributed by atoms with Gasteiger partial charge in [0.05, 0.1) is 27.5 Å². The van der Waals surface area contributed by atoms with Crippen molar-refractivity contribution < 1.29 is 22.0 Å². The molecule has 1 heterocycles. The van der Waals surface area contributed by atoms with Crippen LogP contribution >= 0.6 is 23.2 Å². The lowest BCUT2D eigenvalue weighted by molar-refractivity contribution is -0.137. The predicted molar refractivity (Wildman–Crippen MR) is 100 cm³/mol. The van der Waals surface area contributed by atoms with E-state index < -0.39 is 39.5 Å².